The fourth-order valence-electron chi connectivity index (χ4n) is 1.88. The van der Waals surface area contributed by atoms with E-state index in [0.717, 1.165) is 24.2 Å². The van der Waals surface area contributed by atoms with Crippen LogP contribution in [0.15, 0.2) is 24.5 Å². The second-order valence-corrected chi connectivity index (χ2v) is 4.44. The summed E-state index contributed by atoms with van der Waals surface area (Å²) < 4.78 is 1.93. The fraction of sp³-hybridized carbons (Fsp3) is 0.182. The highest BCUT2D eigenvalue weighted by Crippen LogP contribution is 2.30. The lowest BCUT2D eigenvalue weighted by Crippen LogP contribution is -2.07. The van der Waals surface area contributed by atoms with Crippen LogP contribution in [0.5, 0.6) is 0 Å². The second kappa shape index (κ2) is 4.13. The Balaban J connectivity index is 2.16. The number of aromatic nitrogens is 4. The molecule has 0 aromatic carbocycles. The predicted molar refractivity (Wildman–Crippen MR) is 66.1 cm³/mol. The minimum absolute atomic E-state index is 0.190. The van der Waals surface area contributed by atoms with Crippen LogP contribution in [0.3, 0.4) is 0 Å². The number of nitrogens with zero attached hydrogens (tertiary/aromatic N) is 4. The van der Waals surface area contributed by atoms with E-state index in [1.807, 2.05) is 4.68 Å². The van der Waals surface area contributed by atoms with Crippen LogP contribution in [0.1, 0.15) is 5.69 Å². The van der Waals surface area contributed by atoms with Crippen LogP contribution >= 0.6 is 23.2 Å². The Kier molecular flexibility index (Phi) is 2.61. The summed E-state index contributed by atoms with van der Waals surface area (Å²) in [6.45, 7) is 0.784. The molecule has 0 spiro atoms. The molecule has 0 aliphatic carbocycles. The lowest BCUT2D eigenvalue weighted by molar-refractivity contribution is 0.653. The van der Waals surface area contributed by atoms with E-state index in [4.69, 9.17) is 23.2 Å². The van der Waals surface area contributed by atoms with Gasteiger partial charge in [0.1, 0.15) is 0 Å². The van der Waals surface area contributed by atoms with Crippen molar-refractivity contribution in [2.24, 2.45) is 0 Å². The molecule has 86 valence electrons. The zero-order chi connectivity index (χ0) is 11.8. The van der Waals surface area contributed by atoms with Crippen LogP contribution < -0.4 is 0 Å². The monoisotopic (exact) mass is 266 g/mol. The third-order valence-electron chi connectivity index (χ3n) is 2.67. The number of hydrogen-bond acceptors (Lipinski definition) is 3. The molecule has 1 aliphatic heterocycles. The molecule has 2 aromatic rings. The molecule has 0 saturated heterocycles. The highest BCUT2D eigenvalue weighted by molar-refractivity contribution is 6.33. The van der Waals surface area contributed by atoms with Crippen molar-refractivity contribution < 1.29 is 0 Å². The van der Waals surface area contributed by atoms with Gasteiger partial charge in [-0.3, -0.25) is 4.68 Å². The van der Waals surface area contributed by atoms with Gasteiger partial charge in [-0.25, -0.2) is 9.97 Å². The minimum Gasteiger partial charge on any atom is -0.265 e. The van der Waals surface area contributed by atoms with E-state index >= 15 is 0 Å². The maximum Gasteiger partial charge on any atom is 0.222 e. The lowest BCUT2D eigenvalue weighted by Gasteiger charge is -2.10. The van der Waals surface area contributed by atoms with Gasteiger partial charge in [-0.05, 0) is 11.6 Å². The van der Waals surface area contributed by atoms with Crippen molar-refractivity contribution >= 4 is 23.2 Å². The normalized spacial score (nSPS) is 13.8. The molecule has 0 saturated carbocycles. The number of allylic oxidation sites excluding steroid dienone is 2. The summed E-state index contributed by atoms with van der Waals surface area (Å²) >= 11 is 11.9. The third-order valence-corrected chi connectivity index (χ3v) is 3.13. The molecule has 6 heteroatoms. The van der Waals surface area contributed by atoms with E-state index in [1.54, 1.807) is 6.20 Å². The van der Waals surface area contributed by atoms with Crippen molar-refractivity contribution in [3.05, 3.63) is 40.5 Å². The molecule has 0 radical (unpaired) electrons. The van der Waals surface area contributed by atoms with Gasteiger partial charge in [0.2, 0.25) is 5.28 Å². The Bertz CT molecular complexity index is 604. The Morgan fingerprint density at radius 2 is 2.06 bits per heavy atom. The first-order chi connectivity index (χ1) is 8.25. The molecule has 0 bridgehead atoms. The largest absolute Gasteiger partial charge is 0.265 e. The summed E-state index contributed by atoms with van der Waals surface area (Å²) in [7, 11) is 0. The number of halogens is 2. The minimum atomic E-state index is 0.190. The number of rotatable bonds is 1. The quantitative estimate of drug-likeness (QED) is 0.589. The summed E-state index contributed by atoms with van der Waals surface area (Å²) in [6.07, 6.45) is 8.30. The highest BCUT2D eigenvalue weighted by Gasteiger charge is 2.17. The van der Waals surface area contributed by atoms with Gasteiger partial charge in [-0.1, -0.05) is 23.8 Å². The van der Waals surface area contributed by atoms with Gasteiger partial charge in [-0.15, -0.1) is 0 Å². The van der Waals surface area contributed by atoms with Gasteiger partial charge < -0.3 is 0 Å². The second-order valence-electron chi connectivity index (χ2n) is 3.70. The molecule has 0 amide bonds. The van der Waals surface area contributed by atoms with Crippen LogP contribution in [-0.2, 0) is 13.0 Å². The van der Waals surface area contributed by atoms with Crippen LogP contribution in [-0.4, -0.2) is 19.7 Å². The van der Waals surface area contributed by atoms with Crippen molar-refractivity contribution in [3.63, 3.8) is 0 Å². The van der Waals surface area contributed by atoms with Gasteiger partial charge in [-0.2, -0.15) is 5.10 Å². The molecule has 3 heterocycles. The molecular weight excluding hydrogens is 259 g/mol. The number of hydrogen-bond donors (Lipinski definition) is 0. The maximum atomic E-state index is 6.09. The first-order valence-electron chi connectivity index (χ1n) is 5.14. The van der Waals surface area contributed by atoms with Crippen molar-refractivity contribution in [1.29, 1.82) is 0 Å². The van der Waals surface area contributed by atoms with E-state index in [2.05, 4.69) is 27.2 Å². The molecular formula is C11H8Cl2N4. The highest BCUT2D eigenvalue weighted by atomic mass is 35.5. The van der Waals surface area contributed by atoms with Crippen molar-refractivity contribution in [3.8, 4) is 11.3 Å². The summed E-state index contributed by atoms with van der Waals surface area (Å²) in [5.41, 5.74) is 2.66. The van der Waals surface area contributed by atoms with Gasteiger partial charge in [0, 0.05) is 12.0 Å². The Morgan fingerprint density at radius 1 is 1.18 bits per heavy atom. The molecule has 0 unspecified atom stereocenters. The maximum absolute atomic E-state index is 6.09. The van der Waals surface area contributed by atoms with Crippen LogP contribution in [0, 0.1) is 0 Å². The molecule has 0 N–H and O–H groups in total. The molecule has 3 rings (SSSR count). The van der Waals surface area contributed by atoms with Crippen LogP contribution in [0.25, 0.3) is 11.3 Å². The topological polar surface area (TPSA) is 43.6 Å². The Labute approximate surface area is 108 Å². The average Bonchev–Trinajstić information content (AvgIpc) is 2.76. The predicted octanol–water partition coefficient (Wildman–Crippen LogP) is 2.76. The molecule has 0 fully saturated rings. The Morgan fingerprint density at radius 3 is 2.94 bits per heavy atom. The summed E-state index contributed by atoms with van der Waals surface area (Å²) in [5, 5.41) is 4.98. The fourth-order valence-corrected chi connectivity index (χ4v) is 2.21. The summed E-state index contributed by atoms with van der Waals surface area (Å²) in [4.78, 5) is 8.01. The van der Waals surface area contributed by atoms with E-state index < -0.39 is 0 Å². The van der Waals surface area contributed by atoms with E-state index in [0.29, 0.717) is 10.7 Å². The zero-order valence-electron chi connectivity index (χ0n) is 8.77. The standard InChI is InChI=1S/C11H8Cl2N4/c12-8-6-14-11(13)16-10(8)7-5-15-17-4-2-1-3-9(7)17/h1-2,5-6H,3-4H2. The van der Waals surface area contributed by atoms with Gasteiger partial charge in [0.25, 0.3) is 0 Å². The summed E-state index contributed by atoms with van der Waals surface area (Å²) in [5.74, 6) is 0. The smallest absolute Gasteiger partial charge is 0.222 e. The first kappa shape index (κ1) is 10.7. The van der Waals surface area contributed by atoms with E-state index in [-0.39, 0.29) is 5.28 Å². The van der Waals surface area contributed by atoms with Crippen LogP contribution in [0.2, 0.25) is 10.3 Å². The molecule has 17 heavy (non-hydrogen) atoms. The van der Waals surface area contributed by atoms with Gasteiger partial charge in [0.15, 0.2) is 0 Å². The molecule has 4 nitrogen and oxygen atoms in total. The van der Waals surface area contributed by atoms with E-state index in [1.165, 1.54) is 6.20 Å². The van der Waals surface area contributed by atoms with Crippen molar-refractivity contribution in [2.75, 3.05) is 0 Å². The van der Waals surface area contributed by atoms with Gasteiger partial charge >= 0.3 is 0 Å². The van der Waals surface area contributed by atoms with E-state index in [9.17, 15) is 0 Å². The molecule has 2 aromatic heterocycles. The lowest BCUT2D eigenvalue weighted by atomic mass is 10.1. The molecule has 1 aliphatic rings. The average molecular weight is 267 g/mol. The SMILES string of the molecule is Clc1ncc(Cl)c(-c2cnn3c2CC=CC3)n1. The van der Waals surface area contributed by atoms with Crippen molar-refractivity contribution in [2.45, 2.75) is 13.0 Å². The number of fused-ring (bicyclic) bond motifs is 1. The van der Waals surface area contributed by atoms with Gasteiger partial charge in [0.05, 0.1) is 35.3 Å². The third kappa shape index (κ3) is 1.83. The first-order valence-corrected chi connectivity index (χ1v) is 5.89. The van der Waals surface area contributed by atoms with Crippen LogP contribution in [0.4, 0.5) is 0 Å². The Hall–Kier alpha value is -1.39. The molecule has 0 atom stereocenters. The summed E-state index contributed by atoms with van der Waals surface area (Å²) in [6, 6.07) is 0. The zero-order valence-corrected chi connectivity index (χ0v) is 10.3. The van der Waals surface area contributed by atoms with Crippen molar-refractivity contribution in [1.82, 2.24) is 19.7 Å².